The highest BCUT2D eigenvalue weighted by Crippen LogP contribution is 2.17. The van der Waals surface area contributed by atoms with E-state index in [4.69, 9.17) is 5.11 Å². The highest BCUT2D eigenvalue weighted by Gasteiger charge is 2.22. The third-order valence-electron chi connectivity index (χ3n) is 3.09. The molecule has 1 aromatic heterocycles. The zero-order chi connectivity index (χ0) is 12.1. The molecule has 0 aromatic carbocycles. The van der Waals surface area contributed by atoms with Gasteiger partial charge in [0.05, 0.1) is 0 Å². The summed E-state index contributed by atoms with van der Waals surface area (Å²) in [6, 6.07) is 3.45. The first kappa shape index (κ1) is 11.9. The van der Waals surface area contributed by atoms with E-state index in [9.17, 15) is 4.79 Å². The Balaban J connectivity index is 1.85. The van der Waals surface area contributed by atoms with Crippen molar-refractivity contribution in [1.29, 1.82) is 0 Å². The number of amides is 2. The summed E-state index contributed by atoms with van der Waals surface area (Å²) in [5, 5.41) is 11.9. The monoisotopic (exact) mass is 235 g/mol. The van der Waals surface area contributed by atoms with Gasteiger partial charge in [-0.1, -0.05) is 0 Å². The summed E-state index contributed by atoms with van der Waals surface area (Å²) in [4.78, 5) is 17.6. The Morgan fingerprint density at radius 3 is 2.65 bits per heavy atom. The second kappa shape index (κ2) is 5.63. The molecule has 5 heteroatoms. The van der Waals surface area contributed by atoms with E-state index >= 15 is 0 Å². The number of aliphatic hydroxyl groups is 1. The van der Waals surface area contributed by atoms with E-state index in [2.05, 4.69) is 10.3 Å². The summed E-state index contributed by atoms with van der Waals surface area (Å²) < 4.78 is 0. The minimum Gasteiger partial charge on any atom is -0.396 e. The molecule has 2 amide bonds. The van der Waals surface area contributed by atoms with E-state index < -0.39 is 0 Å². The van der Waals surface area contributed by atoms with Crippen LogP contribution in [0.4, 0.5) is 10.5 Å². The molecular formula is C12H17N3O2. The number of pyridine rings is 1. The molecule has 2 N–H and O–H groups in total. The Morgan fingerprint density at radius 2 is 2.06 bits per heavy atom. The fraction of sp³-hybridized carbons (Fsp3) is 0.500. The number of nitrogens with one attached hydrogen (secondary N) is 1. The van der Waals surface area contributed by atoms with Crippen LogP contribution in [0.1, 0.15) is 12.8 Å². The Bertz CT molecular complexity index is 361. The molecule has 0 aliphatic carbocycles. The number of hydrogen-bond donors (Lipinski definition) is 2. The molecule has 17 heavy (non-hydrogen) atoms. The highest BCUT2D eigenvalue weighted by atomic mass is 16.3. The lowest BCUT2D eigenvalue weighted by Gasteiger charge is -2.31. The van der Waals surface area contributed by atoms with E-state index in [1.807, 2.05) is 0 Å². The molecule has 0 atom stereocenters. The van der Waals surface area contributed by atoms with Crippen LogP contribution in [0.25, 0.3) is 0 Å². The average Bonchev–Trinajstić information content (AvgIpc) is 2.40. The Hall–Kier alpha value is -1.62. The van der Waals surface area contributed by atoms with Gasteiger partial charge < -0.3 is 15.3 Å². The largest absolute Gasteiger partial charge is 0.396 e. The van der Waals surface area contributed by atoms with Crippen LogP contribution in [0, 0.1) is 5.92 Å². The van der Waals surface area contributed by atoms with Crippen molar-refractivity contribution in [2.24, 2.45) is 5.92 Å². The Kier molecular flexibility index (Phi) is 3.93. The number of nitrogens with zero attached hydrogens (tertiary/aromatic N) is 2. The van der Waals surface area contributed by atoms with Gasteiger partial charge in [-0.2, -0.15) is 0 Å². The maximum atomic E-state index is 11.9. The van der Waals surface area contributed by atoms with Crippen LogP contribution in [-0.2, 0) is 0 Å². The molecule has 2 heterocycles. The first-order chi connectivity index (χ1) is 8.29. The normalized spacial score (nSPS) is 16.9. The maximum absolute atomic E-state index is 11.9. The van der Waals surface area contributed by atoms with Crippen molar-refractivity contribution in [2.75, 3.05) is 25.0 Å². The SMILES string of the molecule is O=C(Nc1ccncc1)N1CCC(CO)CC1. The first-order valence-electron chi connectivity index (χ1n) is 5.86. The minimum atomic E-state index is -0.0763. The number of anilines is 1. The number of carbonyl (C=O) groups excluding carboxylic acids is 1. The summed E-state index contributed by atoms with van der Waals surface area (Å²) in [7, 11) is 0. The molecular weight excluding hydrogens is 218 g/mol. The Labute approximate surface area is 100 Å². The standard InChI is InChI=1S/C12H17N3O2/c16-9-10-3-7-15(8-4-10)12(17)14-11-1-5-13-6-2-11/h1-2,5-6,10,16H,3-4,7-9H2,(H,13,14,17). The van der Waals surface area contributed by atoms with E-state index in [0.717, 1.165) is 18.5 Å². The maximum Gasteiger partial charge on any atom is 0.321 e. The van der Waals surface area contributed by atoms with Gasteiger partial charge in [0, 0.05) is 37.8 Å². The van der Waals surface area contributed by atoms with E-state index in [1.54, 1.807) is 29.4 Å². The van der Waals surface area contributed by atoms with Gasteiger partial charge in [0.1, 0.15) is 0 Å². The fourth-order valence-corrected chi connectivity index (χ4v) is 1.96. The van der Waals surface area contributed by atoms with Gasteiger partial charge in [0.2, 0.25) is 0 Å². The van der Waals surface area contributed by atoms with Crippen LogP contribution in [-0.4, -0.2) is 40.7 Å². The topological polar surface area (TPSA) is 65.5 Å². The molecule has 0 spiro atoms. The van der Waals surface area contributed by atoms with Gasteiger partial charge in [0.15, 0.2) is 0 Å². The summed E-state index contributed by atoms with van der Waals surface area (Å²) >= 11 is 0. The van der Waals surface area contributed by atoms with E-state index in [0.29, 0.717) is 19.0 Å². The second-order valence-electron chi connectivity index (χ2n) is 4.28. The quantitative estimate of drug-likeness (QED) is 0.812. The predicted molar refractivity (Wildman–Crippen MR) is 64.6 cm³/mol. The summed E-state index contributed by atoms with van der Waals surface area (Å²) in [5.41, 5.74) is 0.759. The fourth-order valence-electron chi connectivity index (χ4n) is 1.96. The van der Waals surface area contributed by atoms with E-state index in [-0.39, 0.29) is 12.6 Å². The lowest BCUT2D eigenvalue weighted by molar-refractivity contribution is 0.143. The molecule has 92 valence electrons. The molecule has 1 aliphatic rings. The van der Waals surface area contributed by atoms with Gasteiger partial charge in [-0.05, 0) is 30.9 Å². The third-order valence-corrected chi connectivity index (χ3v) is 3.09. The second-order valence-corrected chi connectivity index (χ2v) is 4.28. The van der Waals surface area contributed by atoms with Crippen molar-refractivity contribution in [3.63, 3.8) is 0 Å². The zero-order valence-electron chi connectivity index (χ0n) is 9.67. The van der Waals surface area contributed by atoms with Crippen molar-refractivity contribution < 1.29 is 9.90 Å². The number of carbonyl (C=O) groups is 1. The lowest BCUT2D eigenvalue weighted by Crippen LogP contribution is -2.41. The van der Waals surface area contributed by atoms with E-state index in [1.165, 1.54) is 0 Å². The van der Waals surface area contributed by atoms with Crippen molar-refractivity contribution in [3.05, 3.63) is 24.5 Å². The lowest BCUT2D eigenvalue weighted by atomic mass is 9.98. The van der Waals surface area contributed by atoms with Gasteiger partial charge in [-0.3, -0.25) is 4.98 Å². The molecule has 0 unspecified atom stereocenters. The number of aliphatic hydroxyl groups excluding tert-OH is 1. The molecule has 1 aromatic rings. The van der Waals surface area contributed by atoms with Crippen LogP contribution in [0.5, 0.6) is 0 Å². The average molecular weight is 235 g/mol. The van der Waals surface area contributed by atoms with Crippen LogP contribution >= 0.6 is 0 Å². The van der Waals surface area contributed by atoms with Crippen LogP contribution in [0.15, 0.2) is 24.5 Å². The number of aromatic nitrogens is 1. The molecule has 0 saturated carbocycles. The molecule has 0 bridgehead atoms. The van der Waals surface area contributed by atoms with Gasteiger partial charge in [-0.25, -0.2) is 4.79 Å². The van der Waals surface area contributed by atoms with Crippen LogP contribution in [0.3, 0.4) is 0 Å². The third kappa shape index (κ3) is 3.17. The number of hydrogen-bond acceptors (Lipinski definition) is 3. The number of rotatable bonds is 2. The number of likely N-dealkylation sites (tertiary alicyclic amines) is 1. The molecule has 2 rings (SSSR count). The first-order valence-corrected chi connectivity index (χ1v) is 5.86. The molecule has 1 fully saturated rings. The van der Waals surface area contributed by atoms with Gasteiger partial charge in [-0.15, -0.1) is 0 Å². The summed E-state index contributed by atoms with van der Waals surface area (Å²) in [6.07, 6.45) is 5.04. The van der Waals surface area contributed by atoms with Crippen molar-refractivity contribution in [3.8, 4) is 0 Å². The highest BCUT2D eigenvalue weighted by molar-refractivity contribution is 5.89. The molecule has 1 aliphatic heterocycles. The zero-order valence-corrected chi connectivity index (χ0v) is 9.67. The van der Waals surface area contributed by atoms with Crippen molar-refractivity contribution in [1.82, 2.24) is 9.88 Å². The minimum absolute atomic E-state index is 0.0763. The van der Waals surface area contributed by atoms with Crippen LogP contribution in [0.2, 0.25) is 0 Å². The molecule has 5 nitrogen and oxygen atoms in total. The molecule has 1 saturated heterocycles. The van der Waals surface area contributed by atoms with Crippen molar-refractivity contribution in [2.45, 2.75) is 12.8 Å². The van der Waals surface area contributed by atoms with Crippen LogP contribution < -0.4 is 5.32 Å². The van der Waals surface area contributed by atoms with Gasteiger partial charge >= 0.3 is 6.03 Å². The molecule has 0 radical (unpaired) electrons. The summed E-state index contributed by atoms with van der Waals surface area (Å²) in [6.45, 7) is 1.64. The Morgan fingerprint density at radius 1 is 1.41 bits per heavy atom. The number of piperidine rings is 1. The summed E-state index contributed by atoms with van der Waals surface area (Å²) in [5.74, 6) is 0.347. The van der Waals surface area contributed by atoms with Gasteiger partial charge in [0.25, 0.3) is 0 Å². The predicted octanol–water partition coefficient (Wildman–Crippen LogP) is 1.32. The van der Waals surface area contributed by atoms with Crippen molar-refractivity contribution >= 4 is 11.7 Å². The number of urea groups is 1. The smallest absolute Gasteiger partial charge is 0.321 e.